The number of carbonyl (C=O) groups is 2. The minimum Gasteiger partial charge on any atom is -0.464 e. The van der Waals surface area contributed by atoms with Crippen molar-refractivity contribution < 1.29 is 14.0 Å². The molecule has 2 rings (SSSR count). The predicted octanol–water partition coefficient (Wildman–Crippen LogP) is 3.42. The van der Waals surface area contributed by atoms with Crippen LogP contribution in [0.15, 0.2) is 34.7 Å². The van der Waals surface area contributed by atoms with Gasteiger partial charge in [0.15, 0.2) is 0 Å². The summed E-state index contributed by atoms with van der Waals surface area (Å²) in [5, 5.41) is 3.50. The molecule has 6 nitrogen and oxygen atoms in total. The second-order valence-corrected chi connectivity index (χ2v) is 6.93. The van der Waals surface area contributed by atoms with Crippen LogP contribution in [0.25, 0.3) is 0 Å². The topological polar surface area (TPSA) is 65.8 Å². The van der Waals surface area contributed by atoms with Crippen molar-refractivity contribution in [2.24, 2.45) is 0 Å². The molecule has 1 heterocycles. The van der Waals surface area contributed by atoms with Crippen LogP contribution in [0.2, 0.25) is 10.0 Å². The Morgan fingerprint density at radius 3 is 2.42 bits per heavy atom. The summed E-state index contributed by atoms with van der Waals surface area (Å²) >= 11 is 11.8. The monoisotopic (exact) mass is 397 g/mol. The number of rotatable bonds is 7. The number of amides is 2. The molecule has 0 unspecified atom stereocenters. The summed E-state index contributed by atoms with van der Waals surface area (Å²) in [6.45, 7) is 2.42. The fourth-order valence-corrected chi connectivity index (χ4v) is 2.62. The van der Waals surface area contributed by atoms with Crippen molar-refractivity contribution in [3.63, 3.8) is 0 Å². The van der Waals surface area contributed by atoms with E-state index < -0.39 is 0 Å². The van der Waals surface area contributed by atoms with E-state index >= 15 is 0 Å². The Bertz CT molecular complexity index is 792. The molecule has 0 atom stereocenters. The highest BCUT2D eigenvalue weighted by atomic mass is 35.5. The number of anilines is 1. The third-order valence-corrected chi connectivity index (χ3v) is 4.38. The Morgan fingerprint density at radius 2 is 1.81 bits per heavy atom. The zero-order valence-electron chi connectivity index (χ0n) is 14.9. The van der Waals surface area contributed by atoms with E-state index in [1.54, 1.807) is 42.1 Å². The highest BCUT2D eigenvalue weighted by Crippen LogP contribution is 2.24. The Morgan fingerprint density at radius 1 is 1.08 bits per heavy atom. The van der Waals surface area contributed by atoms with Gasteiger partial charge in [0.25, 0.3) is 0 Å². The van der Waals surface area contributed by atoms with E-state index in [9.17, 15) is 9.59 Å². The first-order chi connectivity index (χ1) is 12.2. The van der Waals surface area contributed by atoms with E-state index in [0.717, 1.165) is 11.5 Å². The third kappa shape index (κ3) is 6.05. The van der Waals surface area contributed by atoms with E-state index in [1.807, 2.05) is 19.1 Å². The number of halogens is 2. The number of furan rings is 1. The van der Waals surface area contributed by atoms with Crippen molar-refractivity contribution in [2.75, 3.05) is 32.5 Å². The molecule has 140 valence electrons. The van der Waals surface area contributed by atoms with Crippen LogP contribution in [0.3, 0.4) is 0 Å². The molecule has 0 spiro atoms. The van der Waals surface area contributed by atoms with Crippen molar-refractivity contribution in [2.45, 2.75) is 13.5 Å². The molecule has 0 bridgehead atoms. The number of hydrogen-bond donors (Lipinski definition) is 1. The number of benzene rings is 1. The lowest BCUT2D eigenvalue weighted by Gasteiger charge is -2.21. The number of likely N-dealkylation sites (N-methyl/N-ethyl adjacent to an activating group) is 2. The normalized spacial score (nSPS) is 10.8. The number of nitrogens with one attached hydrogen (secondary N) is 1. The quantitative estimate of drug-likeness (QED) is 0.776. The van der Waals surface area contributed by atoms with Crippen LogP contribution in [0.1, 0.15) is 11.5 Å². The van der Waals surface area contributed by atoms with Gasteiger partial charge in [-0.3, -0.25) is 14.5 Å². The molecule has 0 radical (unpaired) electrons. The summed E-state index contributed by atoms with van der Waals surface area (Å²) in [6.07, 6.45) is 0. The molecule has 0 saturated heterocycles. The zero-order valence-corrected chi connectivity index (χ0v) is 16.4. The average Bonchev–Trinajstić information content (AvgIpc) is 2.95. The van der Waals surface area contributed by atoms with E-state index in [2.05, 4.69) is 5.32 Å². The predicted molar refractivity (Wildman–Crippen MR) is 103 cm³/mol. The average molecular weight is 398 g/mol. The van der Waals surface area contributed by atoms with Crippen molar-refractivity contribution >= 4 is 40.7 Å². The molecule has 0 aliphatic carbocycles. The minimum absolute atomic E-state index is 0.0691. The Kier molecular flexibility index (Phi) is 7.08. The van der Waals surface area contributed by atoms with Gasteiger partial charge in [0, 0.05) is 12.7 Å². The van der Waals surface area contributed by atoms with Crippen LogP contribution >= 0.6 is 23.2 Å². The molecule has 0 saturated carbocycles. The van der Waals surface area contributed by atoms with Crippen LogP contribution < -0.4 is 5.32 Å². The highest BCUT2D eigenvalue weighted by molar-refractivity contribution is 6.42. The van der Waals surface area contributed by atoms with Crippen molar-refractivity contribution in [1.29, 1.82) is 0 Å². The highest BCUT2D eigenvalue weighted by Gasteiger charge is 2.15. The summed E-state index contributed by atoms with van der Waals surface area (Å²) < 4.78 is 5.47. The summed E-state index contributed by atoms with van der Waals surface area (Å²) in [6, 6.07) is 8.54. The second-order valence-electron chi connectivity index (χ2n) is 6.11. The zero-order chi connectivity index (χ0) is 19.3. The van der Waals surface area contributed by atoms with Gasteiger partial charge in [-0.15, -0.1) is 0 Å². The molecule has 0 fully saturated rings. The number of aryl methyl sites for hydroxylation is 1. The van der Waals surface area contributed by atoms with Crippen LogP contribution in [0.5, 0.6) is 0 Å². The maximum atomic E-state index is 12.3. The van der Waals surface area contributed by atoms with Gasteiger partial charge < -0.3 is 14.6 Å². The van der Waals surface area contributed by atoms with Crippen molar-refractivity contribution in [3.05, 3.63) is 51.9 Å². The van der Waals surface area contributed by atoms with Crippen LogP contribution in [-0.4, -0.2) is 48.8 Å². The lowest BCUT2D eigenvalue weighted by Crippen LogP contribution is -2.39. The first kappa shape index (κ1) is 20.3. The molecule has 2 aromatic rings. The molecule has 0 aliphatic heterocycles. The summed E-state index contributed by atoms with van der Waals surface area (Å²) in [4.78, 5) is 27.6. The second kappa shape index (κ2) is 9.07. The largest absolute Gasteiger partial charge is 0.464 e. The van der Waals surface area contributed by atoms with Crippen molar-refractivity contribution in [1.82, 2.24) is 9.80 Å². The van der Waals surface area contributed by atoms with Crippen LogP contribution in [-0.2, 0) is 16.1 Å². The summed E-state index contributed by atoms with van der Waals surface area (Å²) in [5.74, 6) is 1.17. The Labute approximate surface area is 162 Å². The van der Waals surface area contributed by atoms with E-state index in [0.29, 0.717) is 22.3 Å². The molecule has 8 heteroatoms. The van der Waals surface area contributed by atoms with Crippen LogP contribution in [0.4, 0.5) is 5.69 Å². The number of carbonyl (C=O) groups excluding carboxylic acids is 2. The first-order valence-electron chi connectivity index (χ1n) is 7.97. The fraction of sp³-hybridized carbons (Fsp3) is 0.333. The van der Waals surface area contributed by atoms with Gasteiger partial charge >= 0.3 is 0 Å². The number of hydrogen-bond acceptors (Lipinski definition) is 4. The minimum atomic E-state index is -0.247. The van der Waals surface area contributed by atoms with Gasteiger partial charge in [-0.2, -0.15) is 0 Å². The molecule has 0 aliphatic rings. The van der Waals surface area contributed by atoms with Gasteiger partial charge in [0.2, 0.25) is 11.8 Å². The van der Waals surface area contributed by atoms with E-state index in [-0.39, 0.29) is 24.9 Å². The van der Waals surface area contributed by atoms with Gasteiger partial charge in [-0.05, 0) is 44.3 Å². The van der Waals surface area contributed by atoms with Crippen molar-refractivity contribution in [3.8, 4) is 0 Å². The summed E-state index contributed by atoms with van der Waals surface area (Å²) in [7, 11) is 3.40. The molecule has 1 aromatic carbocycles. The van der Waals surface area contributed by atoms with Crippen LogP contribution in [0, 0.1) is 6.92 Å². The standard InChI is InChI=1S/C18H21Cl2N3O3/c1-12-4-6-14(26-12)9-23(3)18(25)11-22(2)10-17(24)21-13-5-7-15(19)16(20)8-13/h4-8H,9-11H2,1-3H3,(H,21,24). The third-order valence-electron chi connectivity index (χ3n) is 3.64. The SMILES string of the molecule is Cc1ccc(CN(C)C(=O)CN(C)CC(=O)Nc2ccc(Cl)c(Cl)c2)o1. The molecule has 1 aromatic heterocycles. The molecule has 2 amide bonds. The van der Waals surface area contributed by atoms with E-state index in [4.69, 9.17) is 27.6 Å². The molecular weight excluding hydrogens is 377 g/mol. The first-order valence-corrected chi connectivity index (χ1v) is 8.73. The molecule has 26 heavy (non-hydrogen) atoms. The number of nitrogens with zero attached hydrogens (tertiary/aromatic N) is 2. The fourth-order valence-electron chi connectivity index (χ4n) is 2.32. The van der Waals surface area contributed by atoms with Gasteiger partial charge in [-0.1, -0.05) is 23.2 Å². The summed E-state index contributed by atoms with van der Waals surface area (Å²) in [5.41, 5.74) is 0.550. The van der Waals surface area contributed by atoms with E-state index in [1.165, 1.54) is 0 Å². The maximum absolute atomic E-state index is 12.3. The molecule has 1 N–H and O–H groups in total. The van der Waals surface area contributed by atoms with Gasteiger partial charge in [0.1, 0.15) is 11.5 Å². The maximum Gasteiger partial charge on any atom is 0.238 e. The van der Waals surface area contributed by atoms with Gasteiger partial charge in [-0.25, -0.2) is 0 Å². The lowest BCUT2D eigenvalue weighted by molar-refractivity contribution is -0.131. The van der Waals surface area contributed by atoms with Gasteiger partial charge in [0.05, 0.1) is 29.7 Å². The molecular formula is C18H21Cl2N3O3. The Hall–Kier alpha value is -2.02. The Balaban J connectivity index is 1.80. The lowest BCUT2D eigenvalue weighted by atomic mass is 10.3. The smallest absolute Gasteiger partial charge is 0.238 e.